The second-order valence-electron chi connectivity index (χ2n) is 5.15. The van der Waals surface area contributed by atoms with Crippen LogP contribution >= 0.6 is 0 Å². The molecule has 1 aliphatic rings. The lowest BCUT2D eigenvalue weighted by Gasteiger charge is -2.44. The van der Waals surface area contributed by atoms with Crippen molar-refractivity contribution in [2.45, 2.75) is 43.4 Å². The van der Waals surface area contributed by atoms with Crippen LogP contribution in [-0.2, 0) is 19.5 Å². The average Bonchev–Trinajstić information content (AvgIpc) is 2.38. The van der Waals surface area contributed by atoms with Gasteiger partial charge in [-0.25, -0.2) is 13.6 Å². The Kier molecular flexibility index (Phi) is 4.88. The molecule has 6 nitrogen and oxygen atoms in total. The summed E-state index contributed by atoms with van der Waals surface area (Å²) >= 11 is 0. The summed E-state index contributed by atoms with van der Waals surface area (Å²) < 4.78 is 34.1. The van der Waals surface area contributed by atoms with Crippen LogP contribution in [0, 0.1) is 6.92 Å². The number of anilines is 1. The molecular weight excluding hydrogens is 292 g/mol. The van der Waals surface area contributed by atoms with Gasteiger partial charge in [0, 0.05) is 19.4 Å². The molecule has 0 radical (unpaired) electrons. The zero-order chi connectivity index (χ0) is 15.6. The van der Waals surface area contributed by atoms with E-state index >= 15 is 0 Å². The normalized spacial score (nSPS) is 25.4. The Bertz CT molecular complexity index is 603. The smallest absolute Gasteiger partial charge is 0.238 e. The minimum atomic E-state index is -3.71. The van der Waals surface area contributed by atoms with Gasteiger partial charge in [0.1, 0.15) is 6.10 Å². The highest BCUT2D eigenvalue weighted by Gasteiger charge is 2.42. The van der Waals surface area contributed by atoms with Crippen LogP contribution in [0.5, 0.6) is 0 Å². The molecule has 2 rings (SSSR count). The topological polar surface area (TPSA) is 90.6 Å². The van der Waals surface area contributed by atoms with Gasteiger partial charge in [-0.15, -0.1) is 0 Å². The van der Waals surface area contributed by atoms with E-state index in [-0.39, 0.29) is 23.1 Å². The number of sulfonamides is 1. The molecule has 7 heteroatoms. The van der Waals surface area contributed by atoms with Crippen LogP contribution in [-0.4, -0.2) is 40.4 Å². The van der Waals surface area contributed by atoms with Gasteiger partial charge in [0.15, 0.2) is 0 Å². The Labute approximate surface area is 125 Å². The maximum absolute atomic E-state index is 11.5. The van der Waals surface area contributed by atoms with Gasteiger partial charge in [0.2, 0.25) is 10.0 Å². The van der Waals surface area contributed by atoms with Gasteiger partial charge in [0.05, 0.1) is 17.0 Å². The number of nitrogens with one attached hydrogen (secondary N) is 1. The molecule has 0 aromatic heterocycles. The van der Waals surface area contributed by atoms with E-state index in [4.69, 9.17) is 14.6 Å². The van der Waals surface area contributed by atoms with Crippen molar-refractivity contribution < 1.29 is 17.9 Å². The molecule has 1 aliphatic carbocycles. The Morgan fingerprint density at radius 3 is 2.71 bits per heavy atom. The predicted molar refractivity (Wildman–Crippen MR) is 80.8 cm³/mol. The van der Waals surface area contributed by atoms with Crippen molar-refractivity contribution in [3.8, 4) is 0 Å². The summed E-state index contributed by atoms with van der Waals surface area (Å²) in [5.41, 5.74) is 1.37. The van der Waals surface area contributed by atoms with E-state index in [1.807, 2.05) is 13.0 Å². The third kappa shape index (κ3) is 3.37. The lowest BCUT2D eigenvalue weighted by molar-refractivity contribution is -0.118. The standard InChI is InChI=1S/C14H22N2O4S/c1-4-20-12-8-11(14(12)19-3)16-10-6-5-7-13(9(10)2)21(15,17)18/h5-7,11-12,14,16H,4,8H2,1-3H3,(H2,15,17,18). The molecule has 118 valence electrons. The van der Waals surface area contributed by atoms with Crippen LogP contribution in [0.2, 0.25) is 0 Å². The van der Waals surface area contributed by atoms with E-state index < -0.39 is 10.0 Å². The van der Waals surface area contributed by atoms with Gasteiger partial charge in [0.25, 0.3) is 0 Å². The van der Waals surface area contributed by atoms with Crippen molar-refractivity contribution in [2.24, 2.45) is 5.14 Å². The summed E-state index contributed by atoms with van der Waals surface area (Å²) in [6, 6.07) is 5.12. The lowest BCUT2D eigenvalue weighted by atomic mass is 9.85. The molecule has 1 saturated carbocycles. The molecule has 21 heavy (non-hydrogen) atoms. The zero-order valence-corrected chi connectivity index (χ0v) is 13.3. The molecule has 0 aliphatic heterocycles. The first-order chi connectivity index (χ1) is 9.88. The van der Waals surface area contributed by atoms with Crippen molar-refractivity contribution in [1.29, 1.82) is 0 Å². The average molecular weight is 314 g/mol. The molecule has 1 fully saturated rings. The first-order valence-corrected chi connectivity index (χ1v) is 8.46. The van der Waals surface area contributed by atoms with Gasteiger partial charge in [-0.05, 0) is 38.0 Å². The second kappa shape index (κ2) is 6.31. The van der Waals surface area contributed by atoms with Crippen LogP contribution in [0.15, 0.2) is 23.1 Å². The van der Waals surface area contributed by atoms with E-state index in [2.05, 4.69) is 5.32 Å². The number of benzene rings is 1. The largest absolute Gasteiger partial charge is 0.379 e. The molecule has 3 N–H and O–H groups in total. The van der Waals surface area contributed by atoms with E-state index in [0.717, 1.165) is 12.1 Å². The Morgan fingerprint density at radius 2 is 2.14 bits per heavy atom. The van der Waals surface area contributed by atoms with E-state index in [1.54, 1.807) is 20.1 Å². The molecule has 0 heterocycles. The first kappa shape index (κ1) is 16.2. The quantitative estimate of drug-likeness (QED) is 0.824. The molecular formula is C14H22N2O4S. The summed E-state index contributed by atoms with van der Waals surface area (Å²) in [7, 11) is -2.06. The molecule has 1 aromatic carbocycles. The number of hydrogen-bond acceptors (Lipinski definition) is 5. The van der Waals surface area contributed by atoms with Gasteiger partial charge >= 0.3 is 0 Å². The third-order valence-corrected chi connectivity index (χ3v) is 4.89. The fraction of sp³-hybridized carbons (Fsp3) is 0.571. The molecule has 3 unspecified atom stereocenters. The monoisotopic (exact) mass is 314 g/mol. The van der Waals surface area contributed by atoms with Crippen molar-refractivity contribution in [2.75, 3.05) is 19.0 Å². The fourth-order valence-corrected chi connectivity index (χ4v) is 3.50. The summed E-state index contributed by atoms with van der Waals surface area (Å²) in [6.07, 6.45) is 0.868. The van der Waals surface area contributed by atoms with E-state index in [1.165, 1.54) is 6.07 Å². The van der Waals surface area contributed by atoms with E-state index in [0.29, 0.717) is 12.2 Å². The van der Waals surface area contributed by atoms with Gasteiger partial charge in [-0.2, -0.15) is 0 Å². The van der Waals surface area contributed by atoms with Gasteiger partial charge in [-0.1, -0.05) is 6.07 Å². The molecule has 0 spiro atoms. The molecule has 3 atom stereocenters. The maximum Gasteiger partial charge on any atom is 0.238 e. The van der Waals surface area contributed by atoms with E-state index in [9.17, 15) is 8.42 Å². The number of hydrogen-bond donors (Lipinski definition) is 2. The molecule has 0 bridgehead atoms. The SMILES string of the molecule is CCOC1CC(Nc2cccc(S(N)(=O)=O)c2C)C1OC. The Hall–Kier alpha value is -1.15. The van der Waals surface area contributed by atoms with Gasteiger partial charge in [-0.3, -0.25) is 0 Å². The fourth-order valence-electron chi connectivity index (χ4n) is 2.69. The number of nitrogens with two attached hydrogens (primary N) is 1. The van der Waals surface area contributed by atoms with Crippen LogP contribution in [0.1, 0.15) is 18.9 Å². The number of primary sulfonamides is 1. The van der Waals surface area contributed by atoms with Crippen molar-refractivity contribution in [1.82, 2.24) is 0 Å². The van der Waals surface area contributed by atoms with Crippen molar-refractivity contribution in [3.05, 3.63) is 23.8 Å². The molecule has 0 saturated heterocycles. The third-order valence-electron chi connectivity index (χ3n) is 3.83. The first-order valence-electron chi connectivity index (χ1n) is 6.91. The zero-order valence-electron chi connectivity index (χ0n) is 12.5. The van der Waals surface area contributed by atoms with Crippen LogP contribution < -0.4 is 10.5 Å². The Morgan fingerprint density at radius 1 is 1.43 bits per heavy atom. The van der Waals surface area contributed by atoms with Crippen LogP contribution in [0.25, 0.3) is 0 Å². The maximum atomic E-state index is 11.5. The number of rotatable bonds is 6. The summed E-state index contributed by atoms with van der Waals surface area (Å²) in [5, 5.41) is 8.54. The highest BCUT2D eigenvalue weighted by molar-refractivity contribution is 7.89. The minimum absolute atomic E-state index is 0.0394. The minimum Gasteiger partial charge on any atom is -0.379 e. The molecule has 1 aromatic rings. The summed E-state index contributed by atoms with van der Waals surface area (Å²) in [4.78, 5) is 0.141. The Balaban J connectivity index is 2.15. The number of ether oxygens (including phenoxy) is 2. The number of methoxy groups -OCH3 is 1. The highest BCUT2D eigenvalue weighted by Crippen LogP contribution is 2.32. The highest BCUT2D eigenvalue weighted by atomic mass is 32.2. The van der Waals surface area contributed by atoms with Gasteiger partial charge < -0.3 is 14.8 Å². The predicted octanol–water partition coefficient (Wildman–Crippen LogP) is 1.25. The molecule has 0 amide bonds. The summed E-state index contributed by atoms with van der Waals surface area (Å²) in [5.74, 6) is 0. The van der Waals surface area contributed by atoms with Crippen LogP contribution in [0.3, 0.4) is 0 Å². The van der Waals surface area contributed by atoms with Crippen molar-refractivity contribution >= 4 is 15.7 Å². The second-order valence-corrected chi connectivity index (χ2v) is 6.68. The van der Waals surface area contributed by atoms with Crippen LogP contribution in [0.4, 0.5) is 5.69 Å². The summed E-state index contributed by atoms with van der Waals surface area (Å²) in [6.45, 7) is 4.34. The lowest BCUT2D eigenvalue weighted by Crippen LogP contribution is -2.56. The van der Waals surface area contributed by atoms with Crippen molar-refractivity contribution in [3.63, 3.8) is 0 Å².